The number of methoxy groups -OCH3 is 1. The molecule has 0 aliphatic rings. The van der Waals surface area contributed by atoms with Gasteiger partial charge in [-0.25, -0.2) is 0 Å². The molecule has 0 radical (unpaired) electrons. The van der Waals surface area contributed by atoms with Gasteiger partial charge in [0.25, 0.3) is 5.91 Å². The zero-order valence-corrected chi connectivity index (χ0v) is 23.1. The Kier molecular flexibility index (Phi) is 11.5. The van der Waals surface area contributed by atoms with Gasteiger partial charge in [-0.2, -0.15) is 0 Å². The van der Waals surface area contributed by atoms with Crippen molar-refractivity contribution < 1.29 is 19.4 Å². The summed E-state index contributed by atoms with van der Waals surface area (Å²) in [6.07, 6.45) is 12.2. The molecule has 0 unspecified atom stereocenters. The van der Waals surface area contributed by atoms with Gasteiger partial charge >= 0.3 is 0 Å². The highest BCUT2D eigenvalue weighted by molar-refractivity contribution is 6.14. The van der Waals surface area contributed by atoms with Crippen LogP contribution in [0, 0.1) is 0 Å². The van der Waals surface area contributed by atoms with E-state index in [1.165, 1.54) is 52.1 Å². The van der Waals surface area contributed by atoms with Crippen LogP contribution < -0.4 is 15.0 Å². The number of amides is 2. The second-order valence-corrected chi connectivity index (χ2v) is 9.84. The number of rotatable bonds is 15. The summed E-state index contributed by atoms with van der Waals surface area (Å²) in [7, 11) is 1.54. The average Bonchev–Trinajstić information content (AvgIpc) is 2.92. The van der Waals surface area contributed by atoms with E-state index in [1.807, 2.05) is 24.3 Å². The topological polar surface area (TPSA) is 78.9 Å². The van der Waals surface area contributed by atoms with Crippen LogP contribution in [-0.4, -0.2) is 30.6 Å². The first-order chi connectivity index (χ1) is 18.5. The molecule has 3 rings (SSSR count). The van der Waals surface area contributed by atoms with Crippen LogP contribution >= 0.6 is 0 Å². The normalized spacial score (nSPS) is 10.9. The molecule has 6 heteroatoms. The van der Waals surface area contributed by atoms with Crippen molar-refractivity contribution in [2.75, 3.05) is 23.9 Å². The summed E-state index contributed by atoms with van der Waals surface area (Å²) in [4.78, 5) is 27.8. The zero-order chi connectivity index (χ0) is 27.3. The van der Waals surface area contributed by atoms with E-state index in [4.69, 9.17) is 4.74 Å². The third-order valence-electron chi connectivity index (χ3n) is 7.00. The maximum absolute atomic E-state index is 13.3. The van der Waals surface area contributed by atoms with Crippen molar-refractivity contribution in [1.29, 1.82) is 0 Å². The summed E-state index contributed by atoms with van der Waals surface area (Å²) in [6, 6.07) is 16.1. The van der Waals surface area contributed by atoms with Crippen molar-refractivity contribution in [1.82, 2.24) is 0 Å². The van der Waals surface area contributed by atoms with Crippen LogP contribution in [0.5, 0.6) is 11.5 Å². The molecule has 204 valence electrons. The number of phenolic OH excluding ortho intramolecular Hbond substituents is 1. The van der Waals surface area contributed by atoms with Gasteiger partial charge in [-0.1, -0.05) is 101 Å². The molecule has 0 aliphatic heterocycles. The second-order valence-electron chi connectivity index (χ2n) is 9.84. The number of anilines is 2. The van der Waals surface area contributed by atoms with Crippen molar-refractivity contribution in [3.05, 3.63) is 60.2 Å². The highest BCUT2D eigenvalue weighted by Crippen LogP contribution is 2.37. The number of para-hydroxylation sites is 2. The average molecular weight is 519 g/mol. The lowest BCUT2D eigenvalue weighted by molar-refractivity contribution is -0.116. The lowest BCUT2D eigenvalue weighted by Crippen LogP contribution is -2.30. The van der Waals surface area contributed by atoms with Gasteiger partial charge in [0.2, 0.25) is 5.91 Å². The summed E-state index contributed by atoms with van der Waals surface area (Å²) < 4.78 is 5.35. The maximum atomic E-state index is 13.3. The van der Waals surface area contributed by atoms with E-state index < -0.39 is 5.91 Å². The Labute approximate surface area is 227 Å². The van der Waals surface area contributed by atoms with Gasteiger partial charge in [0.05, 0.1) is 24.0 Å². The minimum atomic E-state index is -0.471. The van der Waals surface area contributed by atoms with Crippen LogP contribution in [0.1, 0.15) is 88.4 Å². The van der Waals surface area contributed by atoms with Crippen LogP contribution in [0.3, 0.4) is 0 Å². The van der Waals surface area contributed by atoms with E-state index in [2.05, 4.69) is 12.2 Å². The summed E-state index contributed by atoms with van der Waals surface area (Å²) in [6.45, 7) is 4.35. The summed E-state index contributed by atoms with van der Waals surface area (Å²) in [5.74, 6) is -0.152. The van der Waals surface area contributed by atoms with Gasteiger partial charge in [0, 0.05) is 24.2 Å². The summed E-state index contributed by atoms with van der Waals surface area (Å²) in [5, 5.41) is 15.1. The Balaban J connectivity index is 1.75. The number of fused-ring (bicyclic) bond motifs is 1. The van der Waals surface area contributed by atoms with E-state index in [-0.39, 0.29) is 17.2 Å². The molecule has 0 saturated carbocycles. The molecule has 0 bridgehead atoms. The molecule has 38 heavy (non-hydrogen) atoms. The Morgan fingerprint density at radius 1 is 0.842 bits per heavy atom. The number of ether oxygens (including phenoxy) is 1. The fraction of sp³-hybridized carbons (Fsp3) is 0.438. The molecule has 3 aromatic carbocycles. The molecule has 0 spiro atoms. The summed E-state index contributed by atoms with van der Waals surface area (Å²) in [5.41, 5.74) is 1.24. The molecule has 0 heterocycles. The zero-order valence-electron chi connectivity index (χ0n) is 23.1. The van der Waals surface area contributed by atoms with E-state index in [1.54, 1.807) is 42.2 Å². The van der Waals surface area contributed by atoms with Crippen LogP contribution in [0.2, 0.25) is 0 Å². The van der Waals surface area contributed by atoms with Crippen molar-refractivity contribution in [2.45, 2.75) is 78.1 Å². The Morgan fingerprint density at radius 3 is 2.05 bits per heavy atom. The molecular weight excluding hydrogens is 476 g/mol. The smallest absolute Gasteiger partial charge is 0.259 e. The highest BCUT2D eigenvalue weighted by atomic mass is 16.5. The number of hydrogen-bond acceptors (Lipinski definition) is 4. The summed E-state index contributed by atoms with van der Waals surface area (Å²) >= 11 is 0. The molecular formula is C32H42N2O4. The first-order valence-corrected chi connectivity index (χ1v) is 13.9. The number of carbonyl (C=O) groups excluding carboxylic acids is 2. The van der Waals surface area contributed by atoms with Crippen molar-refractivity contribution in [3.8, 4) is 11.5 Å². The Hall–Kier alpha value is -3.54. The maximum Gasteiger partial charge on any atom is 0.259 e. The SMILES string of the molecule is CCCCCCCCCCCCN(C(C)=O)c1cc(C(=O)Nc2ccccc2OC)c(O)c2ccccc12. The monoisotopic (exact) mass is 518 g/mol. The number of carbonyl (C=O) groups is 2. The molecule has 6 nitrogen and oxygen atoms in total. The number of nitrogens with one attached hydrogen (secondary N) is 1. The van der Waals surface area contributed by atoms with Gasteiger partial charge in [-0.3, -0.25) is 9.59 Å². The van der Waals surface area contributed by atoms with Gasteiger partial charge in [-0.05, 0) is 24.6 Å². The molecule has 0 fully saturated rings. The lowest BCUT2D eigenvalue weighted by atomic mass is 10.0. The Morgan fingerprint density at radius 2 is 1.42 bits per heavy atom. The van der Waals surface area contributed by atoms with Gasteiger partial charge < -0.3 is 20.1 Å². The minimum absolute atomic E-state index is 0.0900. The van der Waals surface area contributed by atoms with Crippen LogP contribution in [0.15, 0.2) is 54.6 Å². The fourth-order valence-electron chi connectivity index (χ4n) is 4.88. The third-order valence-corrected chi connectivity index (χ3v) is 7.00. The van der Waals surface area contributed by atoms with Crippen LogP contribution in [0.25, 0.3) is 10.8 Å². The highest BCUT2D eigenvalue weighted by Gasteiger charge is 2.22. The lowest BCUT2D eigenvalue weighted by Gasteiger charge is -2.24. The van der Waals surface area contributed by atoms with Gasteiger partial charge in [-0.15, -0.1) is 0 Å². The second kappa shape index (κ2) is 15.0. The molecule has 0 saturated heterocycles. The number of aromatic hydroxyl groups is 1. The van der Waals surface area contributed by atoms with Crippen molar-refractivity contribution in [3.63, 3.8) is 0 Å². The fourth-order valence-corrected chi connectivity index (χ4v) is 4.88. The Bertz CT molecular complexity index is 1210. The number of benzene rings is 3. The number of hydrogen-bond donors (Lipinski definition) is 2. The number of nitrogens with zero attached hydrogens (tertiary/aromatic N) is 1. The molecule has 2 N–H and O–H groups in total. The molecule has 0 aliphatic carbocycles. The molecule has 0 atom stereocenters. The predicted molar refractivity (Wildman–Crippen MR) is 156 cm³/mol. The quantitative estimate of drug-likeness (QED) is 0.199. The standard InChI is InChI=1S/C32H42N2O4/c1-4-5-6-7-8-9-10-11-12-17-22-34(24(2)35)29-23-27(31(36)26-19-14-13-18-25(26)29)32(37)33-28-20-15-16-21-30(28)38-3/h13-16,18-21,23,36H,4-12,17,22H2,1-3H3,(H,33,37). The van der Waals surface area contributed by atoms with Gasteiger partial charge in [0.1, 0.15) is 11.5 Å². The van der Waals surface area contributed by atoms with Crippen LogP contribution in [-0.2, 0) is 4.79 Å². The van der Waals surface area contributed by atoms with Crippen molar-refractivity contribution >= 4 is 34.0 Å². The van der Waals surface area contributed by atoms with E-state index in [0.717, 1.165) is 24.6 Å². The van der Waals surface area contributed by atoms with Crippen LogP contribution in [0.4, 0.5) is 11.4 Å². The minimum Gasteiger partial charge on any atom is -0.506 e. The van der Waals surface area contributed by atoms with Crippen molar-refractivity contribution in [2.24, 2.45) is 0 Å². The largest absolute Gasteiger partial charge is 0.506 e. The molecule has 0 aromatic heterocycles. The molecule has 3 aromatic rings. The molecule has 2 amide bonds. The van der Waals surface area contributed by atoms with E-state index >= 15 is 0 Å². The number of unbranched alkanes of at least 4 members (excludes halogenated alkanes) is 9. The predicted octanol–water partition coefficient (Wildman–Crippen LogP) is 8.08. The van der Waals surface area contributed by atoms with Gasteiger partial charge in [0.15, 0.2) is 0 Å². The third kappa shape index (κ3) is 7.73. The first-order valence-electron chi connectivity index (χ1n) is 13.9. The van der Waals surface area contributed by atoms with E-state index in [9.17, 15) is 14.7 Å². The number of phenols is 1. The first kappa shape index (κ1) is 29.0. The van der Waals surface area contributed by atoms with E-state index in [0.29, 0.717) is 29.1 Å².